The Morgan fingerprint density at radius 1 is 1.08 bits per heavy atom. The number of carboxylic acid groups (broad SMARTS) is 1. The maximum Gasteiger partial charge on any atom is 0.354 e. The molecule has 0 radical (unpaired) electrons. The van der Waals surface area contributed by atoms with Gasteiger partial charge >= 0.3 is 5.97 Å². The molecule has 2 heterocycles. The molecular formula is C19H15N3O4. The quantitative estimate of drug-likeness (QED) is 0.731. The largest absolute Gasteiger partial charge is 0.477 e. The number of pyridine rings is 2. The average molecular weight is 349 g/mol. The molecule has 0 atom stereocenters. The summed E-state index contributed by atoms with van der Waals surface area (Å²) in [6.07, 6.45) is 3.27. The third-order valence-corrected chi connectivity index (χ3v) is 3.50. The molecule has 130 valence electrons. The summed E-state index contributed by atoms with van der Waals surface area (Å²) in [5.74, 6) is -0.426. The second-order valence-electron chi connectivity index (χ2n) is 5.44. The lowest BCUT2D eigenvalue weighted by Gasteiger charge is -2.11. The molecule has 0 aliphatic rings. The van der Waals surface area contributed by atoms with E-state index >= 15 is 0 Å². The minimum atomic E-state index is -1.19. The van der Waals surface area contributed by atoms with Crippen LogP contribution in [0.2, 0.25) is 0 Å². The maximum absolute atomic E-state index is 12.3. The first-order chi connectivity index (χ1) is 12.5. The third-order valence-electron chi connectivity index (χ3n) is 3.50. The van der Waals surface area contributed by atoms with Crippen molar-refractivity contribution in [1.29, 1.82) is 0 Å². The van der Waals surface area contributed by atoms with Gasteiger partial charge in [0, 0.05) is 11.9 Å². The van der Waals surface area contributed by atoms with Crippen LogP contribution in [0, 0.1) is 6.92 Å². The van der Waals surface area contributed by atoms with Gasteiger partial charge in [-0.15, -0.1) is 0 Å². The van der Waals surface area contributed by atoms with Crippen molar-refractivity contribution in [2.45, 2.75) is 6.92 Å². The summed E-state index contributed by atoms with van der Waals surface area (Å²) in [6, 6.07) is 13.0. The second-order valence-corrected chi connectivity index (χ2v) is 5.44. The standard InChI is InChI=1S/C19H15N3O4/c1-12-10-13(7-8-17(12)26-14-4-3-9-20-11-14)21-18(23)15-5-2-6-16(22-15)19(24)25/h2-11H,1H3,(H,21,23)(H,24,25). The summed E-state index contributed by atoms with van der Waals surface area (Å²) in [4.78, 5) is 31.0. The fourth-order valence-electron chi connectivity index (χ4n) is 2.25. The number of carboxylic acids is 1. The predicted octanol–water partition coefficient (Wildman–Crippen LogP) is 3.53. The fraction of sp³-hybridized carbons (Fsp3) is 0.0526. The smallest absolute Gasteiger partial charge is 0.354 e. The first-order valence-corrected chi connectivity index (χ1v) is 7.73. The predicted molar refractivity (Wildman–Crippen MR) is 94.6 cm³/mol. The van der Waals surface area contributed by atoms with Crippen molar-refractivity contribution in [2.75, 3.05) is 5.32 Å². The van der Waals surface area contributed by atoms with Gasteiger partial charge in [0.1, 0.15) is 22.9 Å². The zero-order valence-electron chi connectivity index (χ0n) is 13.8. The molecule has 0 unspecified atom stereocenters. The number of rotatable bonds is 5. The normalized spacial score (nSPS) is 10.2. The van der Waals surface area contributed by atoms with Crippen LogP contribution in [-0.2, 0) is 0 Å². The molecule has 0 saturated heterocycles. The van der Waals surface area contributed by atoms with Gasteiger partial charge in [-0.2, -0.15) is 0 Å². The lowest BCUT2D eigenvalue weighted by molar-refractivity contribution is 0.0690. The van der Waals surface area contributed by atoms with Crippen molar-refractivity contribution in [1.82, 2.24) is 9.97 Å². The summed E-state index contributed by atoms with van der Waals surface area (Å²) < 4.78 is 5.74. The van der Waals surface area contributed by atoms with Crippen molar-refractivity contribution >= 4 is 17.6 Å². The first kappa shape index (κ1) is 17.1. The van der Waals surface area contributed by atoms with E-state index in [1.54, 1.807) is 42.7 Å². The van der Waals surface area contributed by atoms with E-state index < -0.39 is 11.9 Å². The molecule has 0 spiro atoms. The third kappa shape index (κ3) is 4.02. The van der Waals surface area contributed by atoms with Gasteiger partial charge in [-0.05, 0) is 55.0 Å². The molecule has 0 saturated carbocycles. The van der Waals surface area contributed by atoms with Crippen LogP contribution in [0.25, 0.3) is 0 Å². The van der Waals surface area contributed by atoms with Crippen LogP contribution < -0.4 is 10.1 Å². The van der Waals surface area contributed by atoms with Gasteiger partial charge in [-0.25, -0.2) is 9.78 Å². The SMILES string of the molecule is Cc1cc(NC(=O)c2cccc(C(=O)O)n2)ccc1Oc1cccnc1. The van der Waals surface area contributed by atoms with Crippen molar-refractivity contribution in [3.8, 4) is 11.5 Å². The molecule has 7 nitrogen and oxygen atoms in total. The minimum absolute atomic E-state index is 0.0261. The second kappa shape index (κ2) is 7.43. The molecule has 1 amide bonds. The first-order valence-electron chi connectivity index (χ1n) is 7.73. The lowest BCUT2D eigenvalue weighted by atomic mass is 10.2. The summed E-state index contributed by atoms with van der Waals surface area (Å²) >= 11 is 0. The van der Waals surface area contributed by atoms with E-state index in [1.807, 2.05) is 6.92 Å². The number of amides is 1. The number of ether oxygens (including phenoxy) is 1. The minimum Gasteiger partial charge on any atom is -0.477 e. The van der Waals surface area contributed by atoms with Crippen molar-refractivity contribution in [3.05, 3.63) is 77.9 Å². The lowest BCUT2D eigenvalue weighted by Crippen LogP contribution is -2.15. The van der Waals surface area contributed by atoms with Gasteiger partial charge in [-0.3, -0.25) is 9.78 Å². The van der Waals surface area contributed by atoms with Crippen LogP contribution in [-0.4, -0.2) is 27.0 Å². The molecule has 0 fully saturated rings. The molecular weight excluding hydrogens is 334 g/mol. The summed E-state index contributed by atoms with van der Waals surface area (Å²) in [6.45, 7) is 1.85. The Labute approximate surface area is 149 Å². The van der Waals surface area contributed by atoms with E-state index in [1.165, 1.54) is 18.2 Å². The Morgan fingerprint density at radius 3 is 2.58 bits per heavy atom. The zero-order chi connectivity index (χ0) is 18.5. The van der Waals surface area contributed by atoms with Gasteiger partial charge in [0.25, 0.3) is 5.91 Å². The van der Waals surface area contributed by atoms with Crippen molar-refractivity contribution < 1.29 is 19.4 Å². The van der Waals surface area contributed by atoms with Gasteiger partial charge in [0.15, 0.2) is 0 Å². The molecule has 1 aromatic carbocycles. The highest BCUT2D eigenvalue weighted by Crippen LogP contribution is 2.26. The Hall–Kier alpha value is -3.74. The van der Waals surface area contributed by atoms with Crippen LogP contribution in [0.1, 0.15) is 26.5 Å². The summed E-state index contributed by atoms with van der Waals surface area (Å²) in [7, 11) is 0. The Bertz CT molecular complexity index is 958. The zero-order valence-corrected chi connectivity index (χ0v) is 13.8. The average Bonchev–Trinajstić information content (AvgIpc) is 2.65. The molecule has 2 N–H and O–H groups in total. The van der Waals surface area contributed by atoms with Gasteiger partial charge < -0.3 is 15.2 Å². The van der Waals surface area contributed by atoms with Crippen LogP contribution in [0.4, 0.5) is 5.69 Å². The molecule has 0 aliphatic heterocycles. The monoisotopic (exact) mass is 349 g/mol. The molecule has 0 bridgehead atoms. The van der Waals surface area contributed by atoms with Crippen LogP contribution in [0.5, 0.6) is 11.5 Å². The van der Waals surface area contributed by atoms with E-state index in [0.717, 1.165) is 5.56 Å². The number of hydrogen-bond donors (Lipinski definition) is 2. The van der Waals surface area contributed by atoms with E-state index in [4.69, 9.17) is 9.84 Å². The van der Waals surface area contributed by atoms with Crippen LogP contribution in [0.3, 0.4) is 0 Å². The molecule has 7 heteroatoms. The topological polar surface area (TPSA) is 101 Å². The van der Waals surface area contributed by atoms with E-state index in [9.17, 15) is 9.59 Å². The number of benzene rings is 1. The van der Waals surface area contributed by atoms with E-state index in [-0.39, 0.29) is 11.4 Å². The molecule has 3 rings (SSSR count). The van der Waals surface area contributed by atoms with Crippen LogP contribution >= 0.6 is 0 Å². The molecule has 0 aliphatic carbocycles. The van der Waals surface area contributed by atoms with Gasteiger partial charge in [0.05, 0.1) is 6.20 Å². The molecule has 2 aromatic heterocycles. The number of aromatic carboxylic acids is 1. The molecule has 26 heavy (non-hydrogen) atoms. The van der Waals surface area contributed by atoms with Crippen molar-refractivity contribution in [2.24, 2.45) is 0 Å². The van der Waals surface area contributed by atoms with Gasteiger partial charge in [0.2, 0.25) is 0 Å². The van der Waals surface area contributed by atoms with E-state index in [2.05, 4.69) is 15.3 Å². The maximum atomic E-state index is 12.3. The fourth-order valence-corrected chi connectivity index (χ4v) is 2.25. The van der Waals surface area contributed by atoms with Crippen molar-refractivity contribution in [3.63, 3.8) is 0 Å². The summed E-state index contributed by atoms with van der Waals surface area (Å²) in [5.41, 5.74) is 1.21. The Morgan fingerprint density at radius 2 is 1.88 bits per heavy atom. The number of carbonyl (C=O) groups is 2. The number of nitrogens with zero attached hydrogens (tertiary/aromatic N) is 2. The number of nitrogens with one attached hydrogen (secondary N) is 1. The van der Waals surface area contributed by atoms with Gasteiger partial charge in [-0.1, -0.05) is 6.07 Å². The van der Waals surface area contributed by atoms with E-state index in [0.29, 0.717) is 17.2 Å². The Kier molecular flexibility index (Phi) is 4.89. The van der Waals surface area contributed by atoms with Crippen LogP contribution in [0.15, 0.2) is 60.9 Å². The number of carbonyl (C=O) groups excluding carboxylic acids is 1. The Balaban J connectivity index is 1.74. The molecule has 3 aromatic rings. The summed E-state index contributed by atoms with van der Waals surface area (Å²) in [5, 5.41) is 11.7. The number of anilines is 1. The highest BCUT2D eigenvalue weighted by molar-refractivity contribution is 6.03. The highest BCUT2D eigenvalue weighted by atomic mass is 16.5. The number of hydrogen-bond acceptors (Lipinski definition) is 5. The number of aromatic nitrogens is 2. The number of aryl methyl sites for hydroxylation is 1. The highest BCUT2D eigenvalue weighted by Gasteiger charge is 2.12.